The molecule has 1 unspecified atom stereocenters. The zero-order chi connectivity index (χ0) is 11.9. The van der Waals surface area contributed by atoms with E-state index in [0.29, 0.717) is 0 Å². The van der Waals surface area contributed by atoms with Crippen molar-refractivity contribution in [2.24, 2.45) is 0 Å². The molecule has 1 aromatic rings. The topological polar surface area (TPSA) is 59.9 Å². The van der Waals surface area contributed by atoms with Gasteiger partial charge in [-0.3, -0.25) is 0 Å². The fraction of sp³-hybridized carbons (Fsp3) is 0.667. The monoisotopic (exact) mass is 309 g/mol. The zero-order valence-corrected chi connectivity index (χ0v) is 11.7. The SMILES string of the molecule is CC(C)S(=O)(=O)[s+]1cnnc1C(Cl)(Cl)Cl. The second-order valence-corrected chi connectivity index (χ2v) is 10.8. The molecule has 0 radical (unpaired) electrons. The van der Waals surface area contributed by atoms with Crippen molar-refractivity contribution in [1.29, 1.82) is 0 Å². The first-order chi connectivity index (χ1) is 6.67. The third-order valence-electron chi connectivity index (χ3n) is 1.55. The minimum Gasteiger partial charge on any atom is -0.173 e. The Morgan fingerprint density at radius 1 is 1.40 bits per heavy atom. The van der Waals surface area contributed by atoms with E-state index in [2.05, 4.69) is 10.2 Å². The van der Waals surface area contributed by atoms with Gasteiger partial charge in [0, 0.05) is 0 Å². The average Bonchev–Trinajstić information content (AvgIpc) is 2.49. The molecule has 0 amide bonds. The van der Waals surface area contributed by atoms with Crippen molar-refractivity contribution >= 4 is 53.2 Å². The van der Waals surface area contributed by atoms with E-state index >= 15 is 0 Å². The number of hydrogen-bond donors (Lipinski definition) is 0. The van der Waals surface area contributed by atoms with Crippen LogP contribution in [0.1, 0.15) is 18.9 Å². The van der Waals surface area contributed by atoms with E-state index in [9.17, 15) is 8.42 Å². The molecule has 1 atom stereocenters. The Labute approximate surface area is 105 Å². The van der Waals surface area contributed by atoms with Crippen LogP contribution in [0.5, 0.6) is 0 Å². The highest BCUT2D eigenvalue weighted by Gasteiger charge is 2.44. The lowest BCUT2D eigenvalue weighted by Crippen LogP contribution is -2.12. The first-order valence-electron chi connectivity index (χ1n) is 3.83. The molecule has 1 rings (SSSR count). The number of aromatic nitrogens is 2. The summed E-state index contributed by atoms with van der Waals surface area (Å²) < 4.78 is 21.9. The van der Waals surface area contributed by atoms with Gasteiger partial charge in [0.2, 0.25) is 0 Å². The Balaban J connectivity index is 3.36. The molecule has 0 spiro atoms. The molecular formula is C6H8Cl3N2O2S2+. The predicted octanol–water partition coefficient (Wildman–Crippen LogP) is 2.64. The van der Waals surface area contributed by atoms with Crippen LogP contribution in [-0.2, 0) is 12.7 Å². The minimum absolute atomic E-state index is 0.0406. The first-order valence-corrected chi connectivity index (χ1v) is 8.31. The van der Waals surface area contributed by atoms with E-state index in [0.717, 1.165) is 0 Å². The van der Waals surface area contributed by atoms with Gasteiger partial charge in [-0.25, -0.2) is 0 Å². The van der Waals surface area contributed by atoms with Crippen LogP contribution in [0.15, 0.2) is 5.51 Å². The van der Waals surface area contributed by atoms with Crippen molar-refractivity contribution in [3.8, 4) is 0 Å². The molecule has 0 aromatic carbocycles. The highest BCUT2D eigenvalue weighted by molar-refractivity contribution is 8.39. The van der Waals surface area contributed by atoms with Gasteiger partial charge in [-0.2, -0.15) is 8.42 Å². The summed E-state index contributed by atoms with van der Waals surface area (Å²) in [7, 11) is -4.75. The van der Waals surface area contributed by atoms with E-state index < -0.39 is 27.4 Å². The lowest BCUT2D eigenvalue weighted by Gasteiger charge is -2.04. The van der Waals surface area contributed by atoms with Crippen LogP contribution in [0.25, 0.3) is 0 Å². The Bertz CT molecular complexity index is 449. The molecule has 1 aromatic heterocycles. The lowest BCUT2D eigenvalue weighted by atomic mass is 10.6. The molecule has 1 heterocycles. The first kappa shape index (κ1) is 13.4. The molecule has 0 saturated heterocycles. The van der Waals surface area contributed by atoms with Gasteiger partial charge in [0.25, 0.3) is 9.30 Å². The Morgan fingerprint density at radius 2 is 1.93 bits per heavy atom. The van der Waals surface area contributed by atoms with E-state index in [4.69, 9.17) is 34.8 Å². The van der Waals surface area contributed by atoms with Crippen LogP contribution in [0, 0.1) is 0 Å². The van der Waals surface area contributed by atoms with Gasteiger partial charge in [0.15, 0.2) is 0 Å². The van der Waals surface area contributed by atoms with Crippen LogP contribution in [0.3, 0.4) is 0 Å². The quantitative estimate of drug-likeness (QED) is 0.478. The van der Waals surface area contributed by atoms with Crippen molar-refractivity contribution in [2.45, 2.75) is 22.9 Å². The highest BCUT2D eigenvalue weighted by atomic mass is 35.6. The molecule has 0 bridgehead atoms. The molecule has 9 heteroatoms. The van der Waals surface area contributed by atoms with Crippen LogP contribution in [-0.4, -0.2) is 23.9 Å². The maximum absolute atomic E-state index is 11.9. The number of nitrogens with zero attached hydrogens (tertiary/aromatic N) is 2. The van der Waals surface area contributed by atoms with Gasteiger partial charge in [0.1, 0.15) is 14.8 Å². The maximum Gasteiger partial charge on any atom is 0.343 e. The number of rotatable bonds is 2. The third kappa shape index (κ3) is 2.74. The summed E-state index contributed by atoms with van der Waals surface area (Å²) in [5.41, 5.74) is 1.20. The van der Waals surface area contributed by atoms with Crippen molar-refractivity contribution in [1.82, 2.24) is 10.2 Å². The number of hydrogen-bond acceptors (Lipinski definition) is 4. The fourth-order valence-electron chi connectivity index (χ4n) is 0.757. The van der Waals surface area contributed by atoms with Gasteiger partial charge < -0.3 is 0 Å². The molecule has 0 saturated carbocycles. The number of halogens is 3. The summed E-state index contributed by atoms with van der Waals surface area (Å²) in [5.74, 6) is 0. The van der Waals surface area contributed by atoms with E-state index in [-0.39, 0.29) is 5.01 Å². The van der Waals surface area contributed by atoms with E-state index in [1.165, 1.54) is 5.51 Å². The molecule has 0 aliphatic heterocycles. The van der Waals surface area contributed by atoms with Gasteiger partial charge in [-0.1, -0.05) is 45.0 Å². The summed E-state index contributed by atoms with van der Waals surface area (Å²) in [5, 5.41) is 6.46. The Kier molecular flexibility index (Phi) is 3.88. The second-order valence-electron chi connectivity index (χ2n) is 2.96. The maximum atomic E-state index is 11.9. The Hall–Kier alpha value is 0.380. The Morgan fingerprint density at radius 3 is 2.33 bits per heavy atom. The second kappa shape index (κ2) is 4.33. The predicted molar refractivity (Wildman–Crippen MR) is 63.2 cm³/mol. The molecule has 86 valence electrons. The fourth-order valence-corrected chi connectivity index (χ4v) is 6.23. The molecular weight excluding hydrogens is 303 g/mol. The normalized spacial score (nSPS) is 14.7. The molecule has 4 nitrogen and oxygen atoms in total. The van der Waals surface area contributed by atoms with Gasteiger partial charge in [-0.15, -0.1) is 0 Å². The van der Waals surface area contributed by atoms with Crippen LogP contribution < -0.4 is 0 Å². The summed E-state index contributed by atoms with van der Waals surface area (Å²) in [4.78, 5) is 0. The summed E-state index contributed by atoms with van der Waals surface area (Å²) in [6.45, 7) is 3.12. The summed E-state index contributed by atoms with van der Waals surface area (Å²) >= 11 is 16.8. The van der Waals surface area contributed by atoms with E-state index in [1.807, 2.05) is 0 Å². The zero-order valence-electron chi connectivity index (χ0n) is 7.82. The van der Waals surface area contributed by atoms with Crippen LogP contribution in [0.4, 0.5) is 0 Å². The molecule has 0 aliphatic rings. The minimum atomic E-state index is -3.41. The third-order valence-corrected chi connectivity index (χ3v) is 8.52. The van der Waals surface area contributed by atoms with Crippen molar-refractivity contribution in [3.05, 3.63) is 10.5 Å². The molecule has 0 N–H and O–H groups in total. The molecule has 0 fully saturated rings. The summed E-state index contributed by atoms with van der Waals surface area (Å²) in [6.07, 6.45) is 0. The van der Waals surface area contributed by atoms with Gasteiger partial charge >= 0.3 is 13.9 Å². The smallest absolute Gasteiger partial charge is 0.173 e. The highest BCUT2D eigenvalue weighted by Crippen LogP contribution is 2.46. The average molecular weight is 311 g/mol. The summed E-state index contributed by atoms with van der Waals surface area (Å²) in [6, 6.07) is 0. The van der Waals surface area contributed by atoms with Crippen molar-refractivity contribution in [2.75, 3.05) is 0 Å². The van der Waals surface area contributed by atoms with Gasteiger partial charge in [0.05, 0.1) is 0 Å². The van der Waals surface area contributed by atoms with Crippen molar-refractivity contribution < 1.29 is 8.42 Å². The van der Waals surface area contributed by atoms with Crippen molar-refractivity contribution in [3.63, 3.8) is 0 Å². The van der Waals surface area contributed by atoms with E-state index in [1.54, 1.807) is 13.8 Å². The van der Waals surface area contributed by atoms with Crippen LogP contribution >= 0.6 is 44.3 Å². The standard InChI is InChI=1S/C6H8Cl3N2O2S2/c1-4(2)15(12,13)14-3-10-11-5(14)6(7,8)9/h3-4H,1-2H3/q+1. The van der Waals surface area contributed by atoms with Crippen LogP contribution in [0.2, 0.25) is 0 Å². The number of alkyl halides is 3. The van der Waals surface area contributed by atoms with Gasteiger partial charge in [-0.05, 0) is 13.8 Å². The molecule has 15 heavy (non-hydrogen) atoms. The molecule has 0 aliphatic carbocycles. The lowest BCUT2D eigenvalue weighted by molar-refractivity contribution is 0.602. The largest absolute Gasteiger partial charge is 0.343 e.